The number of nitrogens with zero attached hydrogens (tertiary/aromatic N) is 3. The molecule has 1 saturated heterocycles. The number of ether oxygens (including phenoxy) is 2. The third kappa shape index (κ3) is 5.07. The van der Waals surface area contributed by atoms with E-state index in [2.05, 4.69) is 0 Å². The molecule has 0 bridgehead atoms. The Morgan fingerprint density at radius 3 is 2.63 bits per heavy atom. The van der Waals surface area contributed by atoms with Gasteiger partial charge >= 0.3 is 6.09 Å². The molecule has 0 unspecified atom stereocenters. The third-order valence-corrected chi connectivity index (χ3v) is 5.71. The number of hydrogen-bond donors (Lipinski definition) is 0. The van der Waals surface area contributed by atoms with Crippen molar-refractivity contribution < 1.29 is 14.3 Å². The van der Waals surface area contributed by atoms with Crippen molar-refractivity contribution in [3.05, 3.63) is 38.4 Å². The zero-order valence-corrected chi connectivity index (χ0v) is 19.2. The molecule has 0 aliphatic carbocycles. The average molecular weight is 456 g/mol. The molecule has 164 valence electrons. The molecule has 9 heteroatoms. The highest BCUT2D eigenvalue weighted by Crippen LogP contribution is 2.30. The molecule has 0 N–H and O–H groups in total. The Morgan fingerprint density at radius 2 is 1.97 bits per heavy atom. The quantitative estimate of drug-likeness (QED) is 0.679. The number of rotatable bonds is 4. The Labute approximate surface area is 185 Å². The molecule has 0 saturated carbocycles. The van der Waals surface area contributed by atoms with Crippen molar-refractivity contribution in [2.24, 2.45) is 0 Å². The van der Waals surface area contributed by atoms with Gasteiger partial charge in [0.15, 0.2) is 0 Å². The monoisotopic (exact) mass is 455 g/mol. The predicted molar refractivity (Wildman–Crippen MR) is 118 cm³/mol. The molecule has 1 aliphatic rings. The SMILES string of the molecule is COCCn1c([C@@H]2CCCN(C(=O)OC(C)(C)C)C2)nc2cc(Cl)c(Cl)cc2c1=O. The highest BCUT2D eigenvalue weighted by atomic mass is 35.5. The number of piperidine rings is 1. The first-order valence-corrected chi connectivity index (χ1v) is 10.7. The molecule has 1 aromatic heterocycles. The van der Waals surface area contributed by atoms with Gasteiger partial charge in [-0.05, 0) is 45.7 Å². The molecular formula is C21H27Cl2N3O4. The van der Waals surface area contributed by atoms with Crippen LogP contribution in [0.25, 0.3) is 10.9 Å². The van der Waals surface area contributed by atoms with Gasteiger partial charge in [0.25, 0.3) is 5.56 Å². The summed E-state index contributed by atoms with van der Waals surface area (Å²) in [6, 6.07) is 3.16. The summed E-state index contributed by atoms with van der Waals surface area (Å²) in [7, 11) is 1.58. The number of halogens is 2. The number of aromatic nitrogens is 2. The summed E-state index contributed by atoms with van der Waals surface area (Å²) in [5.74, 6) is 0.519. The van der Waals surface area contributed by atoms with Gasteiger partial charge in [-0.25, -0.2) is 9.78 Å². The summed E-state index contributed by atoms with van der Waals surface area (Å²) in [4.78, 5) is 32.3. The summed E-state index contributed by atoms with van der Waals surface area (Å²) in [5, 5.41) is 1.06. The fourth-order valence-corrected chi connectivity index (χ4v) is 3.95. The van der Waals surface area contributed by atoms with Crippen molar-refractivity contribution in [1.82, 2.24) is 14.5 Å². The zero-order valence-electron chi connectivity index (χ0n) is 17.7. The number of methoxy groups -OCH3 is 1. The summed E-state index contributed by atoms with van der Waals surface area (Å²) >= 11 is 12.3. The van der Waals surface area contributed by atoms with Crippen LogP contribution in [0.2, 0.25) is 10.0 Å². The van der Waals surface area contributed by atoms with Crippen LogP contribution < -0.4 is 5.56 Å². The fraction of sp³-hybridized carbons (Fsp3) is 0.571. The van der Waals surface area contributed by atoms with Crippen molar-refractivity contribution in [1.29, 1.82) is 0 Å². The summed E-state index contributed by atoms with van der Waals surface area (Å²) < 4.78 is 12.3. The first-order valence-electron chi connectivity index (χ1n) is 9.97. The maximum atomic E-state index is 13.2. The minimum atomic E-state index is -0.568. The lowest BCUT2D eigenvalue weighted by Crippen LogP contribution is -2.43. The molecule has 1 aliphatic heterocycles. The molecule has 7 nitrogen and oxygen atoms in total. The van der Waals surface area contributed by atoms with Crippen LogP contribution in [0.1, 0.15) is 45.4 Å². The van der Waals surface area contributed by atoms with E-state index in [1.54, 1.807) is 28.7 Å². The standard InChI is InChI=1S/C21H27Cl2N3O4/c1-21(2,3)30-20(28)25-7-5-6-13(12-25)18-24-17-11-16(23)15(22)10-14(17)19(27)26(18)8-9-29-4/h10-11,13H,5-9,12H2,1-4H3/t13-/m1/s1. The third-order valence-electron chi connectivity index (χ3n) is 4.98. The molecule has 1 amide bonds. The Balaban J connectivity index is 2.01. The Hall–Kier alpha value is -1.83. The van der Waals surface area contributed by atoms with E-state index < -0.39 is 5.60 Å². The molecule has 30 heavy (non-hydrogen) atoms. The number of hydrogen-bond acceptors (Lipinski definition) is 5. The molecule has 0 radical (unpaired) electrons. The van der Waals surface area contributed by atoms with E-state index in [-0.39, 0.29) is 17.6 Å². The summed E-state index contributed by atoms with van der Waals surface area (Å²) in [6.07, 6.45) is 1.25. The number of carbonyl (C=O) groups excluding carboxylic acids is 1. The first-order chi connectivity index (χ1) is 14.1. The minimum absolute atomic E-state index is 0.102. The van der Waals surface area contributed by atoms with Gasteiger partial charge in [-0.15, -0.1) is 0 Å². The van der Waals surface area contributed by atoms with Crippen LogP contribution in [0.4, 0.5) is 4.79 Å². The maximum Gasteiger partial charge on any atom is 0.410 e. The van der Waals surface area contributed by atoms with Crippen LogP contribution >= 0.6 is 23.2 Å². The van der Waals surface area contributed by atoms with Gasteiger partial charge in [0.1, 0.15) is 11.4 Å². The topological polar surface area (TPSA) is 73.7 Å². The first kappa shape index (κ1) is 22.8. The highest BCUT2D eigenvalue weighted by molar-refractivity contribution is 6.42. The fourth-order valence-electron chi connectivity index (χ4n) is 3.62. The minimum Gasteiger partial charge on any atom is -0.444 e. The van der Waals surface area contributed by atoms with Gasteiger partial charge in [0.05, 0.1) is 34.1 Å². The van der Waals surface area contributed by atoms with Crippen molar-refractivity contribution in [2.75, 3.05) is 26.8 Å². The lowest BCUT2D eigenvalue weighted by Gasteiger charge is -2.34. The molecule has 3 rings (SSSR count). The Bertz CT molecular complexity index is 1000. The smallest absolute Gasteiger partial charge is 0.410 e. The van der Waals surface area contributed by atoms with E-state index in [0.29, 0.717) is 53.0 Å². The van der Waals surface area contributed by atoms with Gasteiger partial charge in [-0.3, -0.25) is 9.36 Å². The van der Waals surface area contributed by atoms with Crippen molar-refractivity contribution in [3.8, 4) is 0 Å². The Kier molecular flexibility index (Phi) is 6.95. The van der Waals surface area contributed by atoms with Crippen LogP contribution in [0.5, 0.6) is 0 Å². The van der Waals surface area contributed by atoms with Crippen molar-refractivity contribution in [2.45, 2.75) is 51.7 Å². The summed E-state index contributed by atoms with van der Waals surface area (Å²) in [5.41, 5.74) is -0.269. The van der Waals surface area contributed by atoms with Gasteiger partial charge in [-0.2, -0.15) is 0 Å². The van der Waals surface area contributed by atoms with Crippen LogP contribution in [-0.2, 0) is 16.0 Å². The van der Waals surface area contributed by atoms with E-state index in [1.807, 2.05) is 20.8 Å². The predicted octanol–water partition coefficient (Wildman–Crippen LogP) is 4.46. The molecule has 1 atom stereocenters. The number of fused-ring (bicyclic) bond motifs is 1. The molecule has 2 heterocycles. The second-order valence-corrected chi connectivity index (χ2v) is 9.28. The largest absolute Gasteiger partial charge is 0.444 e. The molecule has 2 aromatic rings. The van der Waals surface area contributed by atoms with E-state index in [9.17, 15) is 9.59 Å². The van der Waals surface area contributed by atoms with Gasteiger partial charge < -0.3 is 14.4 Å². The number of carbonyl (C=O) groups is 1. The molecule has 0 spiro atoms. The van der Waals surface area contributed by atoms with Crippen LogP contribution in [0, 0.1) is 0 Å². The second kappa shape index (κ2) is 9.12. The van der Waals surface area contributed by atoms with Crippen LogP contribution in [0.15, 0.2) is 16.9 Å². The van der Waals surface area contributed by atoms with Crippen molar-refractivity contribution in [3.63, 3.8) is 0 Å². The molecule has 1 aromatic carbocycles. The van der Waals surface area contributed by atoms with Crippen LogP contribution in [0.3, 0.4) is 0 Å². The molecule has 1 fully saturated rings. The lowest BCUT2D eigenvalue weighted by atomic mass is 9.96. The Morgan fingerprint density at radius 1 is 1.27 bits per heavy atom. The van der Waals surface area contributed by atoms with Gasteiger partial charge in [0, 0.05) is 26.1 Å². The normalized spacial score (nSPS) is 17.4. The molecular weight excluding hydrogens is 429 g/mol. The van der Waals surface area contributed by atoms with E-state index in [1.165, 1.54) is 0 Å². The highest BCUT2D eigenvalue weighted by Gasteiger charge is 2.31. The number of benzene rings is 1. The summed E-state index contributed by atoms with van der Waals surface area (Å²) in [6.45, 7) is 7.29. The van der Waals surface area contributed by atoms with E-state index >= 15 is 0 Å². The van der Waals surface area contributed by atoms with Gasteiger partial charge in [0.2, 0.25) is 0 Å². The second-order valence-electron chi connectivity index (χ2n) is 8.47. The average Bonchev–Trinajstić information content (AvgIpc) is 2.67. The number of likely N-dealkylation sites (tertiary alicyclic amines) is 1. The van der Waals surface area contributed by atoms with Gasteiger partial charge in [-0.1, -0.05) is 23.2 Å². The van der Waals surface area contributed by atoms with Crippen molar-refractivity contribution >= 4 is 40.2 Å². The number of amides is 1. The van der Waals surface area contributed by atoms with Crippen LogP contribution in [-0.4, -0.2) is 53.0 Å². The van der Waals surface area contributed by atoms with E-state index in [4.69, 9.17) is 37.7 Å². The zero-order chi connectivity index (χ0) is 22.1. The van der Waals surface area contributed by atoms with E-state index in [0.717, 1.165) is 12.8 Å². The lowest BCUT2D eigenvalue weighted by molar-refractivity contribution is 0.0194. The maximum absolute atomic E-state index is 13.2.